The van der Waals surface area contributed by atoms with Crippen molar-refractivity contribution >= 4 is 11.3 Å². The minimum absolute atomic E-state index is 0.108. The second-order valence-corrected chi connectivity index (χ2v) is 8.20. The number of nitrogens with zero attached hydrogens (tertiary/aromatic N) is 2. The predicted molar refractivity (Wildman–Crippen MR) is 119 cm³/mol. The number of hydrogen-bond acceptors (Lipinski definition) is 4. The highest BCUT2D eigenvalue weighted by Crippen LogP contribution is 2.26. The molecule has 2 aromatic carbocycles. The maximum Gasteiger partial charge on any atom is 0.278 e. The number of nitrogens with one attached hydrogen (secondary N) is 1. The maximum atomic E-state index is 13.2. The predicted octanol–water partition coefficient (Wildman–Crippen LogP) is 4.61. The van der Waals surface area contributed by atoms with Crippen molar-refractivity contribution in [3.05, 3.63) is 110 Å². The fraction of sp³-hybridized carbons (Fsp3) is 0.0833. The van der Waals surface area contributed by atoms with Gasteiger partial charge in [-0.3, -0.25) is 9.36 Å². The Bertz CT molecular complexity index is 1320. The lowest BCUT2D eigenvalue weighted by atomic mass is 10.1. The van der Waals surface area contributed by atoms with Gasteiger partial charge in [0.15, 0.2) is 5.82 Å². The lowest BCUT2D eigenvalue weighted by molar-refractivity contribution is 0.475. The van der Waals surface area contributed by atoms with Crippen LogP contribution < -0.4 is 5.56 Å². The molecule has 3 heterocycles. The van der Waals surface area contributed by atoms with Gasteiger partial charge in [0.2, 0.25) is 0 Å². The van der Waals surface area contributed by atoms with Crippen LogP contribution in [-0.4, -0.2) is 19.6 Å². The summed E-state index contributed by atoms with van der Waals surface area (Å²) in [5, 5.41) is 11.9. The van der Waals surface area contributed by atoms with Gasteiger partial charge in [0.05, 0.1) is 11.4 Å². The number of phenols is 1. The molecule has 0 amide bonds. The van der Waals surface area contributed by atoms with Gasteiger partial charge in [0.25, 0.3) is 5.56 Å². The fourth-order valence-electron chi connectivity index (χ4n) is 3.61. The molecule has 2 aliphatic rings. The first-order valence-corrected chi connectivity index (χ1v) is 10.5. The number of imidazole rings is 1. The van der Waals surface area contributed by atoms with E-state index in [1.165, 1.54) is 0 Å². The Morgan fingerprint density at radius 3 is 2.63 bits per heavy atom. The normalized spacial score (nSPS) is 11.2. The summed E-state index contributed by atoms with van der Waals surface area (Å²) in [5.74, 6) is 0.816. The summed E-state index contributed by atoms with van der Waals surface area (Å²) in [5.41, 5.74) is 3.97. The first kappa shape index (κ1) is 18.4. The molecule has 5 nitrogen and oxygen atoms in total. The molecule has 0 spiro atoms. The van der Waals surface area contributed by atoms with Gasteiger partial charge in [-0.15, -0.1) is 11.3 Å². The quantitative estimate of drug-likeness (QED) is 0.442. The second kappa shape index (κ2) is 7.65. The fourth-order valence-corrected chi connectivity index (χ4v) is 4.32. The van der Waals surface area contributed by atoms with Crippen LogP contribution in [0, 0.1) is 0 Å². The minimum Gasteiger partial charge on any atom is -0.508 e. The molecule has 0 saturated heterocycles. The Balaban J connectivity index is 1.67. The molecule has 1 aromatic heterocycles. The van der Waals surface area contributed by atoms with Crippen molar-refractivity contribution in [2.75, 3.05) is 0 Å². The van der Waals surface area contributed by atoms with Gasteiger partial charge in [0.1, 0.15) is 11.4 Å². The second-order valence-electron chi connectivity index (χ2n) is 7.17. The van der Waals surface area contributed by atoms with E-state index in [-0.39, 0.29) is 11.3 Å². The number of aromatic hydroxyl groups is 1. The molecule has 0 fully saturated rings. The number of aromatic amines is 1. The van der Waals surface area contributed by atoms with Crippen molar-refractivity contribution in [2.24, 2.45) is 0 Å². The van der Waals surface area contributed by atoms with Crippen LogP contribution >= 0.6 is 11.3 Å². The highest BCUT2D eigenvalue weighted by molar-refractivity contribution is 7.09. The van der Waals surface area contributed by atoms with Crippen LogP contribution in [0.3, 0.4) is 0 Å². The smallest absolute Gasteiger partial charge is 0.278 e. The molecule has 0 bridgehead atoms. The number of fused-ring (bicyclic) bond motifs is 1. The first-order valence-electron chi connectivity index (χ1n) is 9.66. The monoisotopic (exact) mass is 413 g/mol. The number of aromatic nitrogens is 3. The molecule has 2 aliphatic heterocycles. The van der Waals surface area contributed by atoms with Crippen molar-refractivity contribution in [1.29, 1.82) is 0 Å². The average molecular weight is 414 g/mol. The number of H-pyrrole nitrogens is 1. The van der Waals surface area contributed by atoms with E-state index in [4.69, 9.17) is 4.98 Å². The summed E-state index contributed by atoms with van der Waals surface area (Å²) in [6, 6.07) is 21.1. The van der Waals surface area contributed by atoms with E-state index in [1.54, 1.807) is 40.3 Å². The Morgan fingerprint density at radius 2 is 1.87 bits per heavy atom. The third-order valence-electron chi connectivity index (χ3n) is 5.05. The van der Waals surface area contributed by atoms with E-state index in [2.05, 4.69) is 17.1 Å². The molecule has 0 radical (unpaired) electrons. The molecule has 5 rings (SSSR count). The standard InChI is InChI=1S/C24H19N3O2S/c28-18-9-4-8-17(13-18)22-15-27-23(20(25-22)12-16-6-2-1-3-7-16)26-21(24(27)29)14-19-10-5-11-30-19/h1-11,13,15,25,28H,12,14H2. The number of phenolic OH excluding ortho intramolecular Hbond substituents is 1. The van der Waals surface area contributed by atoms with Gasteiger partial charge in [-0.05, 0) is 29.1 Å². The summed E-state index contributed by atoms with van der Waals surface area (Å²) in [4.78, 5) is 22.4. The van der Waals surface area contributed by atoms with Crippen molar-refractivity contribution < 1.29 is 5.11 Å². The van der Waals surface area contributed by atoms with Crippen LogP contribution in [0.25, 0.3) is 17.1 Å². The van der Waals surface area contributed by atoms with Gasteiger partial charge >= 0.3 is 0 Å². The molecule has 0 unspecified atom stereocenters. The molecule has 6 heteroatoms. The molecule has 30 heavy (non-hydrogen) atoms. The van der Waals surface area contributed by atoms with E-state index >= 15 is 0 Å². The lowest BCUT2D eigenvalue weighted by Crippen LogP contribution is -2.17. The number of benzene rings is 2. The number of hydrogen-bond donors (Lipinski definition) is 2. The van der Waals surface area contributed by atoms with Crippen molar-refractivity contribution in [3.8, 4) is 22.8 Å². The van der Waals surface area contributed by atoms with Crippen LogP contribution in [0.1, 0.15) is 21.8 Å². The molecule has 2 N–H and O–H groups in total. The summed E-state index contributed by atoms with van der Waals surface area (Å²) >= 11 is 1.62. The van der Waals surface area contributed by atoms with Crippen LogP contribution in [0.5, 0.6) is 5.75 Å². The lowest BCUT2D eigenvalue weighted by Gasteiger charge is -2.13. The largest absolute Gasteiger partial charge is 0.508 e. The summed E-state index contributed by atoms with van der Waals surface area (Å²) < 4.78 is 1.62. The molecule has 0 atom stereocenters. The van der Waals surface area contributed by atoms with Gasteiger partial charge in [0, 0.05) is 29.5 Å². The third kappa shape index (κ3) is 3.53. The van der Waals surface area contributed by atoms with E-state index in [0.717, 1.165) is 27.4 Å². The Kier molecular flexibility index (Phi) is 4.69. The van der Waals surface area contributed by atoms with Crippen LogP contribution in [0.4, 0.5) is 0 Å². The molecular weight excluding hydrogens is 394 g/mol. The highest BCUT2D eigenvalue weighted by Gasteiger charge is 2.20. The molecule has 3 aromatic rings. The average Bonchev–Trinajstić information content (AvgIpc) is 3.38. The van der Waals surface area contributed by atoms with E-state index in [0.29, 0.717) is 24.4 Å². The Morgan fingerprint density at radius 1 is 1.00 bits per heavy atom. The van der Waals surface area contributed by atoms with Crippen molar-refractivity contribution in [2.45, 2.75) is 12.8 Å². The third-order valence-corrected chi connectivity index (χ3v) is 5.93. The van der Waals surface area contributed by atoms with Crippen LogP contribution in [0.2, 0.25) is 0 Å². The van der Waals surface area contributed by atoms with Crippen LogP contribution in [-0.2, 0) is 12.8 Å². The highest BCUT2D eigenvalue weighted by atomic mass is 32.1. The van der Waals surface area contributed by atoms with Crippen molar-refractivity contribution in [1.82, 2.24) is 14.5 Å². The molecular formula is C24H19N3O2S. The zero-order valence-corrected chi connectivity index (χ0v) is 16.9. The number of thiophene rings is 1. The maximum absolute atomic E-state index is 13.2. The topological polar surface area (TPSA) is 70.9 Å². The molecule has 148 valence electrons. The minimum atomic E-state index is -0.108. The Labute approximate surface area is 177 Å². The van der Waals surface area contributed by atoms with Crippen molar-refractivity contribution in [3.63, 3.8) is 0 Å². The summed E-state index contributed by atoms with van der Waals surface area (Å²) in [6.45, 7) is 0. The van der Waals surface area contributed by atoms with Gasteiger partial charge in [-0.1, -0.05) is 48.5 Å². The number of rotatable bonds is 5. The molecule has 0 saturated carbocycles. The van der Waals surface area contributed by atoms with E-state index < -0.39 is 0 Å². The SMILES string of the molecule is O=c1c(Cc2cccs2)nc2c(Cc3ccccc3)[nH]c(-c3cccc(O)c3)cn1-2. The zero-order chi connectivity index (χ0) is 20.5. The van der Waals surface area contributed by atoms with Gasteiger partial charge in [-0.2, -0.15) is 0 Å². The Hall–Kier alpha value is -3.64. The molecule has 0 aliphatic carbocycles. The van der Waals surface area contributed by atoms with E-state index in [9.17, 15) is 9.90 Å². The zero-order valence-electron chi connectivity index (χ0n) is 16.1. The van der Waals surface area contributed by atoms with Gasteiger partial charge in [-0.25, -0.2) is 4.98 Å². The summed E-state index contributed by atoms with van der Waals surface area (Å²) in [7, 11) is 0. The van der Waals surface area contributed by atoms with Crippen LogP contribution in [0.15, 0.2) is 83.1 Å². The first-order chi connectivity index (χ1) is 14.7. The van der Waals surface area contributed by atoms with E-state index in [1.807, 2.05) is 41.8 Å². The summed E-state index contributed by atoms with van der Waals surface area (Å²) in [6.07, 6.45) is 2.90. The van der Waals surface area contributed by atoms with Gasteiger partial charge < -0.3 is 10.1 Å².